The van der Waals surface area contributed by atoms with E-state index in [1.54, 1.807) is 23.5 Å². The Balaban J connectivity index is 1.56. The average Bonchev–Trinajstić information content (AvgIpc) is 3.24. The van der Waals surface area contributed by atoms with Gasteiger partial charge < -0.3 is 14.6 Å². The van der Waals surface area contributed by atoms with Gasteiger partial charge in [-0.2, -0.15) is 0 Å². The average molecular weight is 356 g/mol. The van der Waals surface area contributed by atoms with Crippen molar-refractivity contribution in [1.29, 1.82) is 0 Å². The maximum absolute atomic E-state index is 12.3. The SMILES string of the molecule is Cc1noc(C)c1COc1cccc(C(=O)NCCc2cccs2)c1. The molecule has 3 rings (SSSR count). The topological polar surface area (TPSA) is 64.4 Å². The molecule has 0 spiro atoms. The highest BCUT2D eigenvalue weighted by atomic mass is 32.1. The second-order valence-corrected chi connectivity index (χ2v) is 6.74. The van der Waals surface area contributed by atoms with Crippen LogP contribution in [0.4, 0.5) is 0 Å². The summed E-state index contributed by atoms with van der Waals surface area (Å²) in [6, 6.07) is 11.3. The van der Waals surface area contributed by atoms with Crippen LogP contribution in [0.25, 0.3) is 0 Å². The molecule has 5 nitrogen and oxygen atoms in total. The first-order valence-electron chi connectivity index (χ1n) is 8.08. The number of carbonyl (C=O) groups is 1. The molecule has 0 unspecified atom stereocenters. The van der Waals surface area contributed by atoms with Gasteiger partial charge in [0, 0.05) is 17.0 Å². The van der Waals surface area contributed by atoms with Crippen LogP contribution in [0, 0.1) is 13.8 Å². The third-order valence-corrected chi connectivity index (χ3v) is 4.83. The fourth-order valence-electron chi connectivity index (χ4n) is 2.45. The number of amides is 1. The summed E-state index contributed by atoms with van der Waals surface area (Å²) in [7, 11) is 0. The van der Waals surface area contributed by atoms with Gasteiger partial charge in [0.2, 0.25) is 0 Å². The van der Waals surface area contributed by atoms with Crippen molar-refractivity contribution < 1.29 is 14.1 Å². The Bertz CT molecular complexity index is 821. The smallest absolute Gasteiger partial charge is 0.251 e. The number of nitrogens with zero attached hydrogens (tertiary/aromatic N) is 1. The molecule has 0 fully saturated rings. The van der Waals surface area contributed by atoms with Crippen molar-refractivity contribution in [2.75, 3.05) is 6.54 Å². The van der Waals surface area contributed by atoms with E-state index in [-0.39, 0.29) is 5.91 Å². The number of hydrogen-bond donors (Lipinski definition) is 1. The molecular weight excluding hydrogens is 336 g/mol. The standard InChI is InChI=1S/C19H20N2O3S/c1-13-18(14(2)24-21-13)12-23-16-6-3-5-15(11-16)19(22)20-9-8-17-7-4-10-25-17/h3-7,10-11H,8-9,12H2,1-2H3,(H,20,22). The number of thiophene rings is 1. The van der Waals surface area contributed by atoms with Crippen molar-refractivity contribution in [2.45, 2.75) is 26.9 Å². The molecule has 0 bridgehead atoms. The molecule has 1 N–H and O–H groups in total. The van der Waals surface area contributed by atoms with Crippen molar-refractivity contribution in [3.63, 3.8) is 0 Å². The Kier molecular flexibility index (Phi) is 5.50. The molecule has 0 saturated heterocycles. The maximum Gasteiger partial charge on any atom is 0.251 e. The molecular formula is C19H20N2O3S. The Morgan fingerprint density at radius 1 is 1.28 bits per heavy atom. The van der Waals surface area contributed by atoms with E-state index in [1.807, 2.05) is 37.4 Å². The van der Waals surface area contributed by atoms with Gasteiger partial charge in [0.05, 0.1) is 11.3 Å². The maximum atomic E-state index is 12.3. The van der Waals surface area contributed by atoms with Gasteiger partial charge in [-0.05, 0) is 49.9 Å². The zero-order valence-electron chi connectivity index (χ0n) is 14.2. The van der Waals surface area contributed by atoms with Crippen molar-refractivity contribution >= 4 is 17.2 Å². The lowest BCUT2D eigenvalue weighted by atomic mass is 10.2. The minimum Gasteiger partial charge on any atom is -0.489 e. The molecule has 6 heteroatoms. The van der Waals surface area contributed by atoms with Gasteiger partial charge in [-0.25, -0.2) is 0 Å². The number of rotatable bonds is 7. The zero-order chi connectivity index (χ0) is 17.6. The van der Waals surface area contributed by atoms with E-state index in [1.165, 1.54) is 4.88 Å². The van der Waals surface area contributed by atoms with Crippen LogP contribution in [-0.2, 0) is 13.0 Å². The van der Waals surface area contributed by atoms with Gasteiger partial charge in [-0.15, -0.1) is 11.3 Å². The number of ether oxygens (including phenoxy) is 1. The van der Waals surface area contributed by atoms with Crippen LogP contribution in [0.2, 0.25) is 0 Å². The van der Waals surface area contributed by atoms with Crippen LogP contribution >= 0.6 is 11.3 Å². The third-order valence-electron chi connectivity index (χ3n) is 3.90. The molecule has 2 heterocycles. The largest absolute Gasteiger partial charge is 0.489 e. The van der Waals surface area contributed by atoms with E-state index in [9.17, 15) is 4.79 Å². The summed E-state index contributed by atoms with van der Waals surface area (Å²) in [5.74, 6) is 1.30. The molecule has 0 aliphatic heterocycles. The second kappa shape index (κ2) is 7.98. The van der Waals surface area contributed by atoms with Gasteiger partial charge >= 0.3 is 0 Å². The lowest BCUT2D eigenvalue weighted by molar-refractivity contribution is 0.0953. The lowest BCUT2D eigenvalue weighted by Gasteiger charge is -2.08. The van der Waals surface area contributed by atoms with E-state index in [2.05, 4.69) is 16.5 Å². The first kappa shape index (κ1) is 17.2. The summed E-state index contributed by atoms with van der Waals surface area (Å²) in [5, 5.41) is 8.89. The van der Waals surface area contributed by atoms with Crippen molar-refractivity contribution in [1.82, 2.24) is 10.5 Å². The molecule has 130 valence electrons. The van der Waals surface area contributed by atoms with Gasteiger partial charge in [0.25, 0.3) is 5.91 Å². The van der Waals surface area contributed by atoms with Gasteiger partial charge in [0.1, 0.15) is 18.1 Å². The number of aromatic nitrogens is 1. The molecule has 0 saturated carbocycles. The summed E-state index contributed by atoms with van der Waals surface area (Å²) in [4.78, 5) is 13.5. The highest BCUT2D eigenvalue weighted by Gasteiger charge is 2.11. The van der Waals surface area contributed by atoms with E-state index in [0.717, 1.165) is 23.4 Å². The molecule has 0 aliphatic rings. The summed E-state index contributed by atoms with van der Waals surface area (Å²) < 4.78 is 10.9. The minimum atomic E-state index is -0.0978. The van der Waals surface area contributed by atoms with Crippen molar-refractivity contribution in [3.8, 4) is 5.75 Å². The van der Waals surface area contributed by atoms with E-state index in [0.29, 0.717) is 24.5 Å². The van der Waals surface area contributed by atoms with Crippen LogP contribution < -0.4 is 10.1 Å². The first-order chi connectivity index (χ1) is 12.1. The molecule has 0 atom stereocenters. The van der Waals surface area contributed by atoms with Gasteiger partial charge in [0.15, 0.2) is 0 Å². The van der Waals surface area contributed by atoms with E-state index < -0.39 is 0 Å². The van der Waals surface area contributed by atoms with Crippen LogP contribution in [0.15, 0.2) is 46.3 Å². The molecule has 0 aliphatic carbocycles. The Hall–Kier alpha value is -2.60. The molecule has 1 amide bonds. The van der Waals surface area contributed by atoms with Gasteiger partial charge in [-0.1, -0.05) is 17.3 Å². The van der Waals surface area contributed by atoms with E-state index in [4.69, 9.17) is 9.26 Å². The molecule has 3 aromatic rings. The molecule has 1 aromatic carbocycles. The fraction of sp³-hybridized carbons (Fsp3) is 0.263. The predicted octanol–water partition coefficient (Wildman–Crippen LogP) is 3.90. The fourth-order valence-corrected chi connectivity index (χ4v) is 3.16. The van der Waals surface area contributed by atoms with Crippen LogP contribution in [-0.4, -0.2) is 17.6 Å². The van der Waals surface area contributed by atoms with E-state index >= 15 is 0 Å². The van der Waals surface area contributed by atoms with Gasteiger partial charge in [-0.3, -0.25) is 4.79 Å². The first-order valence-corrected chi connectivity index (χ1v) is 8.96. The number of hydrogen-bond acceptors (Lipinski definition) is 5. The molecule has 25 heavy (non-hydrogen) atoms. The predicted molar refractivity (Wildman–Crippen MR) is 97.1 cm³/mol. The summed E-state index contributed by atoms with van der Waals surface area (Å²) >= 11 is 1.70. The quantitative estimate of drug-likeness (QED) is 0.697. The second-order valence-electron chi connectivity index (χ2n) is 5.70. The Morgan fingerprint density at radius 3 is 2.88 bits per heavy atom. The van der Waals surface area contributed by atoms with Crippen molar-refractivity contribution in [2.24, 2.45) is 0 Å². The van der Waals surface area contributed by atoms with Crippen LogP contribution in [0.5, 0.6) is 5.75 Å². The highest BCUT2D eigenvalue weighted by molar-refractivity contribution is 7.09. The number of benzene rings is 1. The lowest BCUT2D eigenvalue weighted by Crippen LogP contribution is -2.25. The Morgan fingerprint density at radius 2 is 2.16 bits per heavy atom. The summed E-state index contributed by atoms with van der Waals surface area (Å²) in [6.45, 7) is 4.72. The van der Waals surface area contributed by atoms with Crippen LogP contribution in [0.1, 0.15) is 32.3 Å². The summed E-state index contributed by atoms with van der Waals surface area (Å²) in [5.41, 5.74) is 2.34. The van der Waals surface area contributed by atoms with Crippen LogP contribution in [0.3, 0.4) is 0 Å². The normalized spacial score (nSPS) is 10.6. The Labute approximate surface area is 150 Å². The number of carbonyl (C=O) groups excluding carboxylic acids is 1. The molecule has 2 aromatic heterocycles. The zero-order valence-corrected chi connectivity index (χ0v) is 15.1. The summed E-state index contributed by atoms with van der Waals surface area (Å²) in [6.07, 6.45) is 0.839. The number of aryl methyl sites for hydroxylation is 2. The third kappa shape index (κ3) is 4.48. The molecule has 0 radical (unpaired) electrons. The minimum absolute atomic E-state index is 0.0978. The monoisotopic (exact) mass is 356 g/mol. The highest BCUT2D eigenvalue weighted by Crippen LogP contribution is 2.18. The van der Waals surface area contributed by atoms with Crippen molar-refractivity contribution in [3.05, 3.63) is 69.2 Å². The number of nitrogens with one attached hydrogen (secondary N) is 1.